The molecule has 108 valence electrons. The van der Waals surface area contributed by atoms with Crippen molar-refractivity contribution in [3.63, 3.8) is 0 Å². The lowest BCUT2D eigenvalue weighted by Gasteiger charge is -2.33. The largest absolute Gasteiger partial charge is 0.314 e. The fraction of sp³-hybridized carbons (Fsp3) is 0.765. The van der Waals surface area contributed by atoms with Gasteiger partial charge < -0.3 is 5.32 Å². The molecule has 0 radical (unpaired) electrons. The molecule has 2 rings (SSSR count). The molecule has 0 aromatic carbocycles. The van der Waals surface area contributed by atoms with E-state index >= 15 is 0 Å². The normalized spacial score (nSPS) is 25.4. The molecule has 0 aliphatic heterocycles. The van der Waals surface area contributed by atoms with Crippen LogP contribution < -0.4 is 5.32 Å². The van der Waals surface area contributed by atoms with E-state index in [-0.39, 0.29) is 0 Å². The summed E-state index contributed by atoms with van der Waals surface area (Å²) in [5.74, 6) is 1.84. The summed E-state index contributed by atoms with van der Waals surface area (Å²) in [5, 5.41) is 3.75. The lowest BCUT2D eigenvalue weighted by molar-refractivity contribution is 0.231. The van der Waals surface area contributed by atoms with Crippen LogP contribution >= 0.6 is 11.3 Å². The van der Waals surface area contributed by atoms with Crippen LogP contribution in [-0.2, 0) is 12.8 Å². The van der Waals surface area contributed by atoms with Crippen molar-refractivity contribution in [2.45, 2.75) is 65.3 Å². The number of hydrogen-bond donors (Lipinski definition) is 1. The molecule has 2 heteroatoms. The van der Waals surface area contributed by atoms with E-state index < -0.39 is 0 Å². The van der Waals surface area contributed by atoms with Gasteiger partial charge in [0.1, 0.15) is 0 Å². The van der Waals surface area contributed by atoms with E-state index in [4.69, 9.17) is 0 Å². The van der Waals surface area contributed by atoms with E-state index in [1.54, 1.807) is 4.88 Å². The fourth-order valence-corrected chi connectivity index (χ4v) is 4.31. The van der Waals surface area contributed by atoms with E-state index in [0.29, 0.717) is 6.04 Å². The zero-order valence-corrected chi connectivity index (χ0v) is 13.6. The Morgan fingerprint density at radius 3 is 2.42 bits per heavy atom. The second-order valence-electron chi connectivity index (χ2n) is 6.11. The Labute approximate surface area is 122 Å². The lowest BCUT2D eigenvalue weighted by Crippen LogP contribution is -2.39. The molecule has 1 aromatic heterocycles. The van der Waals surface area contributed by atoms with Gasteiger partial charge in [-0.1, -0.05) is 33.6 Å². The van der Waals surface area contributed by atoms with Gasteiger partial charge in [-0.3, -0.25) is 0 Å². The predicted molar refractivity (Wildman–Crippen MR) is 86.0 cm³/mol. The van der Waals surface area contributed by atoms with Gasteiger partial charge in [0, 0.05) is 15.8 Å². The van der Waals surface area contributed by atoms with Crippen molar-refractivity contribution < 1.29 is 0 Å². The molecular weight excluding hydrogens is 250 g/mol. The highest BCUT2D eigenvalue weighted by Gasteiger charge is 2.25. The van der Waals surface area contributed by atoms with Crippen molar-refractivity contribution >= 4 is 11.3 Å². The maximum absolute atomic E-state index is 3.75. The van der Waals surface area contributed by atoms with Gasteiger partial charge in [-0.2, -0.15) is 0 Å². The Morgan fingerprint density at radius 2 is 1.84 bits per heavy atom. The number of hydrogen-bond acceptors (Lipinski definition) is 2. The highest BCUT2D eigenvalue weighted by Crippen LogP contribution is 2.32. The second kappa shape index (κ2) is 7.44. The molecule has 0 bridgehead atoms. The monoisotopic (exact) mass is 279 g/mol. The SMILES string of the molecule is CCNC(Cc1ccc(CC)s1)C1CCC(C)CC1. The van der Waals surface area contributed by atoms with Gasteiger partial charge in [0.15, 0.2) is 0 Å². The minimum atomic E-state index is 0.695. The third kappa shape index (κ3) is 4.32. The summed E-state index contributed by atoms with van der Waals surface area (Å²) in [6.07, 6.45) is 8.11. The summed E-state index contributed by atoms with van der Waals surface area (Å²) < 4.78 is 0. The van der Waals surface area contributed by atoms with E-state index in [2.05, 4.69) is 38.2 Å². The van der Waals surface area contributed by atoms with Gasteiger partial charge >= 0.3 is 0 Å². The summed E-state index contributed by atoms with van der Waals surface area (Å²) in [6, 6.07) is 5.35. The maximum atomic E-state index is 3.75. The Bertz CT molecular complexity index is 363. The average Bonchev–Trinajstić information content (AvgIpc) is 2.87. The summed E-state index contributed by atoms with van der Waals surface area (Å²) >= 11 is 2.01. The Kier molecular flexibility index (Phi) is 5.90. The predicted octanol–water partition coefficient (Wildman–Crippen LogP) is 4.66. The van der Waals surface area contributed by atoms with E-state index in [0.717, 1.165) is 18.4 Å². The highest BCUT2D eigenvalue weighted by atomic mass is 32.1. The van der Waals surface area contributed by atoms with E-state index in [1.165, 1.54) is 43.4 Å². The minimum Gasteiger partial charge on any atom is -0.314 e. The van der Waals surface area contributed by atoms with Crippen molar-refractivity contribution in [3.8, 4) is 0 Å². The number of thiophene rings is 1. The van der Waals surface area contributed by atoms with Gasteiger partial charge in [0.2, 0.25) is 0 Å². The first kappa shape index (κ1) is 15.1. The number of likely N-dealkylation sites (N-methyl/N-ethyl adjacent to an activating group) is 1. The summed E-state index contributed by atoms with van der Waals surface area (Å²) in [4.78, 5) is 3.10. The molecule has 1 unspecified atom stereocenters. The molecule has 1 fully saturated rings. The van der Waals surface area contributed by atoms with Gasteiger partial charge in [-0.05, 0) is 56.2 Å². The smallest absolute Gasteiger partial charge is 0.0143 e. The van der Waals surface area contributed by atoms with Crippen LogP contribution in [0, 0.1) is 11.8 Å². The van der Waals surface area contributed by atoms with Crippen LogP contribution in [0.4, 0.5) is 0 Å². The Morgan fingerprint density at radius 1 is 1.16 bits per heavy atom. The fourth-order valence-electron chi connectivity index (χ4n) is 3.29. The minimum absolute atomic E-state index is 0.695. The third-order valence-corrected chi connectivity index (χ3v) is 5.83. The molecule has 1 aromatic rings. The molecule has 0 saturated heterocycles. The molecule has 1 saturated carbocycles. The van der Waals surface area contributed by atoms with Crippen LogP contribution in [0.3, 0.4) is 0 Å². The maximum Gasteiger partial charge on any atom is 0.0143 e. The molecule has 1 atom stereocenters. The van der Waals surface area contributed by atoms with Crippen LogP contribution in [0.1, 0.15) is 56.2 Å². The zero-order valence-electron chi connectivity index (χ0n) is 12.7. The Balaban J connectivity index is 1.95. The first-order chi connectivity index (χ1) is 9.22. The highest BCUT2D eigenvalue weighted by molar-refractivity contribution is 7.11. The third-order valence-electron chi connectivity index (χ3n) is 4.58. The summed E-state index contributed by atoms with van der Waals surface area (Å²) in [7, 11) is 0. The number of aryl methyl sites for hydroxylation is 1. The topological polar surface area (TPSA) is 12.0 Å². The molecule has 1 aliphatic rings. The Hall–Kier alpha value is -0.340. The molecule has 19 heavy (non-hydrogen) atoms. The average molecular weight is 279 g/mol. The first-order valence-corrected chi connectivity index (χ1v) is 8.85. The standard InChI is InChI=1S/C17H29NS/c1-4-15-10-11-16(19-15)12-17(18-5-2)14-8-6-13(3)7-9-14/h10-11,13-14,17-18H,4-9,12H2,1-3H3. The van der Waals surface area contributed by atoms with Crippen molar-refractivity contribution in [2.24, 2.45) is 11.8 Å². The van der Waals surface area contributed by atoms with E-state index in [1.807, 2.05) is 11.3 Å². The van der Waals surface area contributed by atoms with Crippen LogP contribution in [0.5, 0.6) is 0 Å². The quantitative estimate of drug-likeness (QED) is 0.798. The van der Waals surface area contributed by atoms with Crippen molar-refractivity contribution in [1.82, 2.24) is 5.32 Å². The first-order valence-electron chi connectivity index (χ1n) is 8.03. The molecule has 0 spiro atoms. The molecule has 1 aliphatic carbocycles. The van der Waals surface area contributed by atoms with Gasteiger partial charge in [-0.25, -0.2) is 0 Å². The molecule has 1 heterocycles. The number of rotatable bonds is 6. The molecule has 1 nitrogen and oxygen atoms in total. The molecule has 0 amide bonds. The van der Waals surface area contributed by atoms with E-state index in [9.17, 15) is 0 Å². The van der Waals surface area contributed by atoms with Crippen molar-refractivity contribution in [1.29, 1.82) is 0 Å². The van der Waals surface area contributed by atoms with Gasteiger partial charge in [0.25, 0.3) is 0 Å². The van der Waals surface area contributed by atoms with Crippen LogP contribution in [0.2, 0.25) is 0 Å². The van der Waals surface area contributed by atoms with Crippen LogP contribution in [-0.4, -0.2) is 12.6 Å². The summed E-state index contributed by atoms with van der Waals surface area (Å²) in [6.45, 7) is 8.00. The molecule has 1 N–H and O–H groups in total. The lowest BCUT2D eigenvalue weighted by atomic mass is 9.78. The van der Waals surface area contributed by atoms with Crippen LogP contribution in [0.25, 0.3) is 0 Å². The van der Waals surface area contributed by atoms with Gasteiger partial charge in [-0.15, -0.1) is 11.3 Å². The summed E-state index contributed by atoms with van der Waals surface area (Å²) in [5.41, 5.74) is 0. The van der Waals surface area contributed by atoms with Crippen molar-refractivity contribution in [3.05, 3.63) is 21.9 Å². The van der Waals surface area contributed by atoms with Gasteiger partial charge in [0.05, 0.1) is 0 Å². The van der Waals surface area contributed by atoms with Crippen molar-refractivity contribution in [2.75, 3.05) is 6.54 Å². The van der Waals surface area contributed by atoms with Crippen LogP contribution in [0.15, 0.2) is 12.1 Å². The number of nitrogens with one attached hydrogen (secondary N) is 1. The molecular formula is C17H29NS. The second-order valence-corrected chi connectivity index (χ2v) is 7.36. The zero-order chi connectivity index (χ0) is 13.7.